The molecule has 2 heterocycles. The lowest BCUT2D eigenvalue weighted by molar-refractivity contribution is -0.139. The van der Waals surface area contributed by atoms with Crippen molar-refractivity contribution < 1.29 is 14.3 Å². The maximum absolute atomic E-state index is 13.6. The lowest BCUT2D eigenvalue weighted by Gasteiger charge is -2.24. The smallest absolute Gasteiger partial charge is 0.338 e. The lowest BCUT2D eigenvalue weighted by Crippen LogP contribution is -2.39. The molecule has 0 aliphatic carbocycles. The Morgan fingerprint density at radius 2 is 2.03 bits per heavy atom. The van der Waals surface area contributed by atoms with E-state index in [1.807, 2.05) is 18.2 Å². The number of hydrogen-bond donors (Lipinski definition) is 0. The molecular weight excluding hydrogens is 552 g/mol. The minimum absolute atomic E-state index is 0.217. The van der Waals surface area contributed by atoms with Crippen molar-refractivity contribution in [3.63, 3.8) is 0 Å². The number of aromatic nitrogens is 1. The first-order chi connectivity index (χ1) is 16.8. The molecule has 0 unspecified atom stereocenters. The molecule has 9 heteroatoms. The van der Waals surface area contributed by atoms with Crippen LogP contribution in [0.3, 0.4) is 0 Å². The van der Waals surface area contributed by atoms with Crippen LogP contribution in [0.1, 0.15) is 31.0 Å². The van der Waals surface area contributed by atoms with Gasteiger partial charge in [-0.15, -0.1) is 0 Å². The minimum Gasteiger partial charge on any atom is -0.488 e. The number of ether oxygens (including phenoxy) is 2. The van der Waals surface area contributed by atoms with Crippen LogP contribution in [0.15, 0.2) is 80.6 Å². The maximum Gasteiger partial charge on any atom is 0.338 e. The predicted octanol–water partition coefficient (Wildman–Crippen LogP) is 4.78. The first-order valence-electron chi connectivity index (χ1n) is 10.8. The lowest BCUT2D eigenvalue weighted by atomic mass is 9.96. The normalized spacial score (nSPS) is 15.4. The standard InChI is InChI=1S/C26H22BrClN2O4S/c1-4-12-34-20-11-6-16(13-19(20)27)14-21-24(31)30-23(17-7-9-18(28)10-8-17)22(25(32)33-5-2)15(3)29-26(30)35-21/h4,6-11,13-14,23H,1,5,12H2,2-3H3/b21-14+/t23-/m0/s1. The summed E-state index contributed by atoms with van der Waals surface area (Å²) in [6, 6.07) is 12.0. The van der Waals surface area contributed by atoms with Crippen molar-refractivity contribution in [1.29, 1.82) is 0 Å². The van der Waals surface area contributed by atoms with Crippen molar-refractivity contribution in [1.82, 2.24) is 4.57 Å². The molecule has 6 nitrogen and oxygen atoms in total. The van der Waals surface area contributed by atoms with E-state index in [9.17, 15) is 9.59 Å². The Morgan fingerprint density at radius 1 is 1.29 bits per heavy atom. The van der Waals surface area contributed by atoms with E-state index in [2.05, 4.69) is 27.5 Å². The molecule has 2 aromatic carbocycles. The monoisotopic (exact) mass is 572 g/mol. The summed E-state index contributed by atoms with van der Waals surface area (Å²) in [4.78, 5) is 31.6. The number of hydrogen-bond acceptors (Lipinski definition) is 6. The summed E-state index contributed by atoms with van der Waals surface area (Å²) in [5.41, 5.74) is 2.16. The van der Waals surface area contributed by atoms with Gasteiger partial charge in [0, 0.05) is 5.02 Å². The Morgan fingerprint density at radius 3 is 2.69 bits per heavy atom. The van der Waals surface area contributed by atoms with Gasteiger partial charge < -0.3 is 9.47 Å². The van der Waals surface area contributed by atoms with E-state index in [0.717, 1.165) is 15.6 Å². The highest BCUT2D eigenvalue weighted by molar-refractivity contribution is 9.10. The summed E-state index contributed by atoms with van der Waals surface area (Å²) in [5.74, 6) is 0.183. The van der Waals surface area contributed by atoms with Gasteiger partial charge in [-0.2, -0.15) is 0 Å². The highest BCUT2D eigenvalue weighted by atomic mass is 79.9. The first kappa shape index (κ1) is 25.2. The first-order valence-corrected chi connectivity index (χ1v) is 12.8. The molecule has 35 heavy (non-hydrogen) atoms. The number of thiazole rings is 1. The Balaban J connectivity index is 1.86. The van der Waals surface area contributed by atoms with Crippen LogP contribution in [0.2, 0.25) is 5.02 Å². The molecule has 0 spiro atoms. The van der Waals surface area contributed by atoms with Gasteiger partial charge in [0.05, 0.1) is 32.9 Å². The molecule has 1 atom stereocenters. The molecule has 180 valence electrons. The molecule has 1 aliphatic rings. The molecule has 0 bridgehead atoms. The summed E-state index contributed by atoms with van der Waals surface area (Å²) in [7, 11) is 0. The highest BCUT2D eigenvalue weighted by Crippen LogP contribution is 2.31. The second-order valence-electron chi connectivity index (χ2n) is 7.64. The Labute approximate surface area is 219 Å². The van der Waals surface area contributed by atoms with Gasteiger partial charge in [0.1, 0.15) is 12.4 Å². The van der Waals surface area contributed by atoms with Crippen LogP contribution in [-0.2, 0) is 9.53 Å². The van der Waals surface area contributed by atoms with Crippen molar-refractivity contribution in [3.05, 3.63) is 107 Å². The van der Waals surface area contributed by atoms with Crippen LogP contribution in [0.5, 0.6) is 5.75 Å². The van der Waals surface area contributed by atoms with Gasteiger partial charge >= 0.3 is 5.97 Å². The van der Waals surface area contributed by atoms with Crippen LogP contribution in [0, 0.1) is 0 Å². The molecule has 0 amide bonds. The summed E-state index contributed by atoms with van der Waals surface area (Å²) in [5, 5.41) is 0.561. The van der Waals surface area contributed by atoms with Crippen molar-refractivity contribution in [2.75, 3.05) is 13.2 Å². The molecule has 1 aliphatic heterocycles. The average Bonchev–Trinajstić information content (AvgIpc) is 3.12. The largest absolute Gasteiger partial charge is 0.488 e. The topological polar surface area (TPSA) is 69.9 Å². The number of halogens is 2. The van der Waals surface area contributed by atoms with Gasteiger partial charge in [-0.1, -0.05) is 53.8 Å². The summed E-state index contributed by atoms with van der Waals surface area (Å²) < 4.78 is 13.7. The molecule has 0 N–H and O–H groups in total. The van der Waals surface area contributed by atoms with Gasteiger partial charge in [0.2, 0.25) is 0 Å². The number of carbonyl (C=O) groups is 1. The van der Waals surface area contributed by atoms with Crippen LogP contribution in [-0.4, -0.2) is 23.8 Å². The third kappa shape index (κ3) is 5.19. The van der Waals surface area contributed by atoms with Crippen LogP contribution in [0.4, 0.5) is 0 Å². The zero-order valence-corrected chi connectivity index (χ0v) is 22.2. The molecule has 0 fully saturated rings. The van der Waals surface area contributed by atoms with E-state index in [-0.39, 0.29) is 12.2 Å². The van der Waals surface area contributed by atoms with E-state index >= 15 is 0 Å². The van der Waals surface area contributed by atoms with Crippen molar-refractivity contribution >= 4 is 50.9 Å². The van der Waals surface area contributed by atoms with Crippen molar-refractivity contribution in [2.24, 2.45) is 4.99 Å². The van der Waals surface area contributed by atoms with Crippen LogP contribution < -0.4 is 19.6 Å². The Hall–Kier alpha value is -2.94. The number of rotatable bonds is 7. The highest BCUT2D eigenvalue weighted by Gasteiger charge is 2.33. The SMILES string of the molecule is C=CCOc1ccc(/C=c2/sc3n(c2=O)[C@@H](c2ccc(Cl)cc2)C(C(=O)OCC)=C(C)N=3)cc1Br. The molecule has 0 saturated carbocycles. The van der Waals surface area contributed by atoms with Gasteiger partial charge in [-0.05, 0) is 71.2 Å². The third-order valence-electron chi connectivity index (χ3n) is 5.31. The predicted molar refractivity (Wildman–Crippen MR) is 142 cm³/mol. The Kier molecular flexibility index (Phi) is 7.74. The fourth-order valence-electron chi connectivity index (χ4n) is 3.78. The maximum atomic E-state index is 13.6. The number of carbonyl (C=O) groups excluding carboxylic acids is 1. The van der Waals surface area contributed by atoms with E-state index in [1.54, 1.807) is 54.8 Å². The summed E-state index contributed by atoms with van der Waals surface area (Å²) >= 11 is 10.9. The van der Waals surface area contributed by atoms with Gasteiger partial charge in [-0.3, -0.25) is 9.36 Å². The molecule has 4 rings (SSSR count). The summed E-state index contributed by atoms with van der Waals surface area (Å²) in [6.07, 6.45) is 3.47. The van der Waals surface area contributed by atoms with E-state index in [1.165, 1.54) is 11.3 Å². The minimum atomic E-state index is -0.675. The molecular formula is C26H22BrClN2O4S. The van der Waals surface area contributed by atoms with Gasteiger partial charge in [-0.25, -0.2) is 9.79 Å². The molecule has 1 aromatic heterocycles. The summed E-state index contributed by atoms with van der Waals surface area (Å²) in [6.45, 7) is 7.76. The van der Waals surface area contributed by atoms with Crippen LogP contribution >= 0.6 is 38.9 Å². The Bertz CT molecular complexity index is 1510. The molecule has 0 radical (unpaired) electrons. The van der Waals surface area contributed by atoms with E-state index in [0.29, 0.717) is 38.0 Å². The van der Waals surface area contributed by atoms with Crippen molar-refractivity contribution in [2.45, 2.75) is 19.9 Å². The second-order valence-corrected chi connectivity index (χ2v) is 9.94. The second kappa shape index (κ2) is 10.8. The van der Waals surface area contributed by atoms with Gasteiger partial charge in [0.25, 0.3) is 5.56 Å². The van der Waals surface area contributed by atoms with Crippen LogP contribution in [0.25, 0.3) is 6.08 Å². The molecule has 0 saturated heterocycles. The van der Waals surface area contributed by atoms with E-state index < -0.39 is 12.0 Å². The zero-order chi connectivity index (χ0) is 25.1. The number of allylic oxidation sites excluding steroid dienone is 1. The van der Waals surface area contributed by atoms with Crippen molar-refractivity contribution in [3.8, 4) is 5.75 Å². The van der Waals surface area contributed by atoms with E-state index in [4.69, 9.17) is 21.1 Å². The quantitative estimate of drug-likeness (QED) is 0.301. The number of fused-ring (bicyclic) bond motifs is 1. The fourth-order valence-corrected chi connectivity index (χ4v) is 5.46. The number of esters is 1. The van der Waals surface area contributed by atoms with Gasteiger partial charge in [0.15, 0.2) is 4.80 Å². The third-order valence-corrected chi connectivity index (χ3v) is 7.17. The number of nitrogens with zero attached hydrogens (tertiary/aromatic N) is 2. The zero-order valence-electron chi connectivity index (χ0n) is 19.1. The molecule has 3 aromatic rings. The number of benzene rings is 2. The fraction of sp³-hybridized carbons (Fsp3) is 0.192. The average molecular weight is 574 g/mol.